The first-order chi connectivity index (χ1) is 13.8. The fourth-order valence-electron chi connectivity index (χ4n) is 3.82. The summed E-state index contributed by atoms with van der Waals surface area (Å²) in [7, 11) is 0. The van der Waals surface area contributed by atoms with Gasteiger partial charge in [0.2, 0.25) is 0 Å². The maximum atomic E-state index is 4.86. The van der Waals surface area contributed by atoms with Gasteiger partial charge in [0.05, 0.1) is 16.7 Å². The highest BCUT2D eigenvalue weighted by molar-refractivity contribution is 5.86. The van der Waals surface area contributed by atoms with E-state index in [0.717, 1.165) is 45.5 Å². The smallest absolute Gasteiger partial charge is 0.159 e. The van der Waals surface area contributed by atoms with Gasteiger partial charge in [0.25, 0.3) is 0 Å². The Hall–Kier alpha value is -3.86. The summed E-state index contributed by atoms with van der Waals surface area (Å²) in [4.78, 5) is 13.9. The molecule has 0 bridgehead atoms. The highest BCUT2D eigenvalue weighted by Crippen LogP contribution is 2.33. The number of fused-ring (bicyclic) bond motifs is 3. The lowest BCUT2D eigenvalue weighted by Crippen LogP contribution is -1.97. The van der Waals surface area contributed by atoms with E-state index in [1.807, 2.05) is 53.6 Å². The molecule has 28 heavy (non-hydrogen) atoms. The lowest BCUT2D eigenvalue weighted by Gasteiger charge is -2.08. The van der Waals surface area contributed by atoms with E-state index < -0.39 is 0 Å². The van der Waals surface area contributed by atoms with Gasteiger partial charge in [-0.25, -0.2) is 14.5 Å². The quantitative estimate of drug-likeness (QED) is 0.461. The average Bonchev–Trinajstić information content (AvgIpc) is 3.39. The molecule has 0 unspecified atom stereocenters. The standard InChI is InChI=1S/C23H15N5.H2/c1-2-16-12-17(3-5-21(16)24-9-1)23-25-14-20-19(4-6-22(20)27-23)15-8-11-28-18(13-15)7-10-26-28;/h1-5,7-14H,6H2;1H. The van der Waals surface area contributed by atoms with Crippen LogP contribution in [0.15, 0.2) is 79.4 Å². The Morgan fingerprint density at radius 3 is 2.93 bits per heavy atom. The zero-order chi connectivity index (χ0) is 18.5. The topological polar surface area (TPSA) is 56.0 Å². The van der Waals surface area contributed by atoms with Gasteiger partial charge < -0.3 is 0 Å². The zero-order valence-electron chi connectivity index (χ0n) is 14.9. The molecule has 0 amide bonds. The number of pyridine rings is 2. The van der Waals surface area contributed by atoms with Gasteiger partial charge in [0, 0.05) is 49.1 Å². The number of hydrogen-bond acceptors (Lipinski definition) is 4. The average molecular weight is 363 g/mol. The van der Waals surface area contributed by atoms with Crippen molar-refractivity contribution in [1.29, 1.82) is 0 Å². The zero-order valence-corrected chi connectivity index (χ0v) is 14.9. The molecule has 6 rings (SSSR count). The maximum Gasteiger partial charge on any atom is 0.159 e. The van der Waals surface area contributed by atoms with Gasteiger partial charge in [-0.3, -0.25) is 4.98 Å². The normalized spacial score (nSPS) is 13.1. The molecule has 0 aliphatic heterocycles. The van der Waals surface area contributed by atoms with Crippen molar-refractivity contribution in [2.24, 2.45) is 0 Å². The Bertz CT molecular complexity index is 1400. The monoisotopic (exact) mass is 363 g/mol. The van der Waals surface area contributed by atoms with Gasteiger partial charge in [0.15, 0.2) is 5.82 Å². The summed E-state index contributed by atoms with van der Waals surface area (Å²) in [5.74, 6) is 0.755. The van der Waals surface area contributed by atoms with Crippen LogP contribution in [0.4, 0.5) is 0 Å². The molecule has 1 aliphatic carbocycles. The van der Waals surface area contributed by atoms with Crippen molar-refractivity contribution in [1.82, 2.24) is 24.6 Å². The highest BCUT2D eigenvalue weighted by Gasteiger charge is 2.19. The Kier molecular flexibility index (Phi) is 3.17. The highest BCUT2D eigenvalue weighted by atomic mass is 15.2. The van der Waals surface area contributed by atoms with E-state index in [2.05, 4.69) is 45.4 Å². The van der Waals surface area contributed by atoms with Crippen molar-refractivity contribution >= 4 is 22.0 Å². The molecule has 0 fully saturated rings. The molecule has 0 radical (unpaired) electrons. The fourth-order valence-corrected chi connectivity index (χ4v) is 3.82. The van der Waals surface area contributed by atoms with Crippen LogP contribution in [0.1, 0.15) is 18.2 Å². The number of rotatable bonds is 2. The summed E-state index contributed by atoms with van der Waals surface area (Å²) in [5.41, 5.74) is 7.60. The third-order valence-corrected chi connectivity index (χ3v) is 5.23. The second-order valence-electron chi connectivity index (χ2n) is 6.90. The van der Waals surface area contributed by atoms with Crippen molar-refractivity contribution in [3.63, 3.8) is 0 Å². The Balaban J connectivity index is 0.00000181. The van der Waals surface area contributed by atoms with Crippen LogP contribution in [0.5, 0.6) is 0 Å². The van der Waals surface area contributed by atoms with Crippen LogP contribution in [-0.2, 0) is 6.42 Å². The Labute approximate surface area is 162 Å². The molecule has 4 heterocycles. The molecule has 0 saturated carbocycles. The lowest BCUT2D eigenvalue weighted by molar-refractivity contribution is 0.960. The minimum Gasteiger partial charge on any atom is -0.256 e. The molecule has 134 valence electrons. The van der Waals surface area contributed by atoms with Gasteiger partial charge in [-0.1, -0.05) is 12.1 Å². The lowest BCUT2D eigenvalue weighted by atomic mass is 10.0. The van der Waals surface area contributed by atoms with E-state index in [9.17, 15) is 0 Å². The number of aromatic nitrogens is 5. The van der Waals surface area contributed by atoms with E-state index in [1.165, 1.54) is 11.1 Å². The number of benzene rings is 1. The minimum absolute atomic E-state index is 0. The van der Waals surface area contributed by atoms with E-state index in [-0.39, 0.29) is 1.43 Å². The predicted octanol–water partition coefficient (Wildman–Crippen LogP) is 4.57. The van der Waals surface area contributed by atoms with Crippen LogP contribution in [0.25, 0.3) is 33.4 Å². The van der Waals surface area contributed by atoms with E-state index in [4.69, 9.17) is 4.98 Å². The second-order valence-corrected chi connectivity index (χ2v) is 6.90. The summed E-state index contributed by atoms with van der Waals surface area (Å²) in [6.45, 7) is 0. The first-order valence-electron chi connectivity index (χ1n) is 9.20. The minimum atomic E-state index is 0. The van der Waals surface area contributed by atoms with Crippen LogP contribution in [0.3, 0.4) is 0 Å². The third kappa shape index (κ3) is 2.33. The van der Waals surface area contributed by atoms with Crippen molar-refractivity contribution in [3.8, 4) is 11.4 Å². The molecule has 0 saturated heterocycles. The van der Waals surface area contributed by atoms with Crippen LogP contribution < -0.4 is 0 Å². The first kappa shape index (κ1) is 15.2. The molecule has 1 aromatic carbocycles. The second kappa shape index (κ2) is 5.82. The molecule has 1 aliphatic rings. The van der Waals surface area contributed by atoms with Crippen LogP contribution >= 0.6 is 0 Å². The summed E-state index contributed by atoms with van der Waals surface area (Å²) >= 11 is 0. The molecule has 0 N–H and O–H groups in total. The van der Waals surface area contributed by atoms with Crippen LogP contribution in [0, 0.1) is 0 Å². The van der Waals surface area contributed by atoms with Gasteiger partial charge in [-0.2, -0.15) is 5.10 Å². The van der Waals surface area contributed by atoms with E-state index in [0.29, 0.717) is 0 Å². The predicted molar refractivity (Wildman–Crippen MR) is 111 cm³/mol. The molecule has 4 aromatic heterocycles. The van der Waals surface area contributed by atoms with Crippen molar-refractivity contribution in [2.45, 2.75) is 6.42 Å². The Morgan fingerprint density at radius 2 is 1.93 bits per heavy atom. The fraction of sp³-hybridized carbons (Fsp3) is 0.0435. The van der Waals surface area contributed by atoms with Gasteiger partial charge in [-0.05, 0) is 53.6 Å². The molecule has 5 aromatic rings. The number of hydrogen-bond donors (Lipinski definition) is 0. The van der Waals surface area contributed by atoms with E-state index >= 15 is 0 Å². The Morgan fingerprint density at radius 1 is 0.929 bits per heavy atom. The molecular formula is C23H17N5. The summed E-state index contributed by atoms with van der Waals surface area (Å²) < 4.78 is 1.87. The maximum absolute atomic E-state index is 4.86. The summed E-state index contributed by atoms with van der Waals surface area (Å²) in [6, 6.07) is 16.4. The first-order valence-corrected chi connectivity index (χ1v) is 9.20. The van der Waals surface area contributed by atoms with E-state index in [1.54, 1.807) is 0 Å². The molecule has 5 heteroatoms. The number of nitrogens with zero attached hydrogens (tertiary/aromatic N) is 5. The van der Waals surface area contributed by atoms with Crippen molar-refractivity contribution in [2.75, 3.05) is 0 Å². The summed E-state index contributed by atoms with van der Waals surface area (Å²) in [6.07, 6.45) is 10.6. The third-order valence-electron chi connectivity index (χ3n) is 5.23. The molecular weight excluding hydrogens is 346 g/mol. The van der Waals surface area contributed by atoms with Gasteiger partial charge in [0.1, 0.15) is 0 Å². The van der Waals surface area contributed by atoms with Gasteiger partial charge >= 0.3 is 0 Å². The van der Waals surface area contributed by atoms with Gasteiger partial charge in [-0.15, -0.1) is 0 Å². The molecule has 0 atom stereocenters. The molecule has 0 spiro atoms. The van der Waals surface area contributed by atoms with Crippen molar-refractivity contribution in [3.05, 3.63) is 96.2 Å². The molecule has 5 nitrogen and oxygen atoms in total. The van der Waals surface area contributed by atoms with Crippen LogP contribution in [0.2, 0.25) is 0 Å². The summed E-state index contributed by atoms with van der Waals surface area (Å²) in [5, 5.41) is 5.36. The van der Waals surface area contributed by atoms with Crippen LogP contribution in [-0.4, -0.2) is 24.6 Å². The SMILES string of the molecule is C1=C(c2ccn3nccc3c2)c2cnc(-c3ccc4ncccc4c3)nc2C1.[HH]. The number of allylic oxidation sites excluding steroid dienone is 1. The largest absolute Gasteiger partial charge is 0.256 e. The van der Waals surface area contributed by atoms with Crippen molar-refractivity contribution < 1.29 is 1.43 Å².